The minimum absolute atomic E-state index is 0.165. The van der Waals surface area contributed by atoms with E-state index in [0.29, 0.717) is 22.5 Å². The average Bonchev–Trinajstić information content (AvgIpc) is 2.69. The maximum atomic E-state index is 12.4. The summed E-state index contributed by atoms with van der Waals surface area (Å²) in [5.41, 5.74) is 2.35. The van der Waals surface area contributed by atoms with Crippen LogP contribution < -0.4 is 5.32 Å². The first-order valence-electron chi connectivity index (χ1n) is 7.79. The van der Waals surface area contributed by atoms with Crippen LogP contribution >= 0.6 is 11.6 Å². The number of anilines is 1. The number of carboxylic acids is 1. The van der Waals surface area contributed by atoms with Crippen molar-refractivity contribution in [3.63, 3.8) is 0 Å². The van der Waals surface area contributed by atoms with Crippen molar-refractivity contribution in [1.29, 1.82) is 5.26 Å². The number of amides is 1. The van der Waals surface area contributed by atoms with Gasteiger partial charge < -0.3 is 10.4 Å². The van der Waals surface area contributed by atoms with Gasteiger partial charge in [0.1, 0.15) is 0 Å². The number of pyridine rings is 1. The molecule has 6 nitrogen and oxygen atoms in total. The fraction of sp³-hybridized carbons (Fsp3) is 0. The molecule has 132 valence electrons. The third-order valence-electron chi connectivity index (χ3n) is 3.77. The largest absolute Gasteiger partial charge is 0.478 e. The van der Waals surface area contributed by atoms with Crippen LogP contribution in [0.1, 0.15) is 26.3 Å². The van der Waals surface area contributed by atoms with Gasteiger partial charge in [0, 0.05) is 5.56 Å². The summed E-state index contributed by atoms with van der Waals surface area (Å²) in [6.45, 7) is 0. The number of hydrogen-bond donors (Lipinski definition) is 2. The van der Waals surface area contributed by atoms with E-state index in [1.807, 2.05) is 6.07 Å². The van der Waals surface area contributed by atoms with Crippen LogP contribution in [0.5, 0.6) is 0 Å². The molecule has 2 aromatic carbocycles. The molecule has 3 rings (SSSR count). The molecule has 3 aromatic rings. The number of aromatic carboxylic acids is 1. The molecule has 7 heteroatoms. The van der Waals surface area contributed by atoms with Gasteiger partial charge in [-0.3, -0.25) is 9.78 Å². The summed E-state index contributed by atoms with van der Waals surface area (Å²) in [6.07, 6.45) is 1.46. The summed E-state index contributed by atoms with van der Waals surface area (Å²) < 4.78 is 0. The second-order valence-electron chi connectivity index (χ2n) is 5.58. The molecule has 2 N–H and O–H groups in total. The van der Waals surface area contributed by atoms with Gasteiger partial charge in [-0.1, -0.05) is 23.7 Å². The maximum absolute atomic E-state index is 12.4. The molecule has 27 heavy (non-hydrogen) atoms. The highest BCUT2D eigenvalue weighted by Gasteiger charge is 2.12. The van der Waals surface area contributed by atoms with Crippen LogP contribution in [0.2, 0.25) is 5.02 Å². The Morgan fingerprint density at radius 2 is 1.93 bits per heavy atom. The van der Waals surface area contributed by atoms with Gasteiger partial charge in [-0.25, -0.2) is 4.79 Å². The zero-order chi connectivity index (χ0) is 19.4. The van der Waals surface area contributed by atoms with Crippen LogP contribution in [0.25, 0.3) is 11.3 Å². The second-order valence-corrected chi connectivity index (χ2v) is 5.99. The molecular formula is C20H12ClN3O3. The van der Waals surface area contributed by atoms with Crippen LogP contribution in [0.3, 0.4) is 0 Å². The SMILES string of the molecule is N#Cc1ccc(Cl)c(C(=O)Nc2ccc(-c3cccc(C(=O)O)c3)nc2)c1. The number of carbonyl (C=O) groups excluding carboxylic acids is 1. The van der Waals surface area contributed by atoms with Crippen molar-refractivity contribution in [1.82, 2.24) is 4.98 Å². The molecule has 0 aliphatic carbocycles. The van der Waals surface area contributed by atoms with Gasteiger partial charge in [0.2, 0.25) is 0 Å². The third kappa shape index (κ3) is 4.11. The highest BCUT2D eigenvalue weighted by molar-refractivity contribution is 6.34. The molecule has 0 spiro atoms. The van der Waals surface area contributed by atoms with Crippen molar-refractivity contribution in [2.75, 3.05) is 5.32 Å². The van der Waals surface area contributed by atoms with Crippen LogP contribution in [0.15, 0.2) is 60.8 Å². The molecule has 1 heterocycles. The lowest BCUT2D eigenvalue weighted by molar-refractivity contribution is 0.0696. The standard InChI is InChI=1S/C20H12ClN3O3/c21-17-6-4-12(10-22)8-16(17)19(25)24-15-5-7-18(23-11-15)13-2-1-3-14(9-13)20(26)27/h1-9,11H,(H,24,25)(H,26,27). The van der Waals surface area contributed by atoms with Gasteiger partial charge in [0.25, 0.3) is 5.91 Å². The highest BCUT2D eigenvalue weighted by Crippen LogP contribution is 2.22. The van der Waals surface area contributed by atoms with Crippen LogP contribution in [0.4, 0.5) is 5.69 Å². The molecule has 1 amide bonds. The fourth-order valence-electron chi connectivity index (χ4n) is 2.42. The number of benzene rings is 2. The fourth-order valence-corrected chi connectivity index (χ4v) is 2.62. The van der Waals surface area contributed by atoms with Crippen LogP contribution in [-0.2, 0) is 0 Å². The number of aromatic nitrogens is 1. The van der Waals surface area contributed by atoms with Gasteiger partial charge in [-0.15, -0.1) is 0 Å². The van der Waals surface area contributed by atoms with E-state index >= 15 is 0 Å². The first-order chi connectivity index (χ1) is 13.0. The Morgan fingerprint density at radius 3 is 2.59 bits per heavy atom. The Kier molecular flexibility index (Phi) is 5.15. The number of carboxylic acid groups (broad SMARTS) is 1. The third-order valence-corrected chi connectivity index (χ3v) is 4.10. The molecule has 0 unspecified atom stereocenters. The molecule has 0 radical (unpaired) electrons. The normalized spacial score (nSPS) is 10.1. The highest BCUT2D eigenvalue weighted by atomic mass is 35.5. The number of nitrogens with one attached hydrogen (secondary N) is 1. The van der Waals surface area contributed by atoms with Gasteiger partial charge >= 0.3 is 5.97 Å². The number of rotatable bonds is 4. The Morgan fingerprint density at radius 1 is 1.11 bits per heavy atom. The van der Waals surface area contributed by atoms with Gasteiger partial charge in [-0.05, 0) is 42.5 Å². The lowest BCUT2D eigenvalue weighted by Gasteiger charge is -2.08. The Labute approximate surface area is 159 Å². The van der Waals surface area contributed by atoms with E-state index in [1.165, 1.54) is 36.5 Å². The van der Waals surface area contributed by atoms with Crippen molar-refractivity contribution < 1.29 is 14.7 Å². The lowest BCUT2D eigenvalue weighted by Crippen LogP contribution is -2.13. The van der Waals surface area contributed by atoms with Crippen molar-refractivity contribution >= 4 is 29.2 Å². The molecule has 1 aromatic heterocycles. The smallest absolute Gasteiger partial charge is 0.335 e. The van der Waals surface area contributed by atoms with E-state index in [9.17, 15) is 9.59 Å². The predicted octanol–water partition coefficient (Wildman–Crippen LogP) is 4.22. The van der Waals surface area contributed by atoms with E-state index in [4.69, 9.17) is 22.0 Å². The van der Waals surface area contributed by atoms with E-state index in [-0.39, 0.29) is 16.1 Å². The maximum Gasteiger partial charge on any atom is 0.335 e. The van der Waals surface area contributed by atoms with Gasteiger partial charge in [0.15, 0.2) is 0 Å². The summed E-state index contributed by atoms with van der Waals surface area (Å²) in [5, 5.41) is 20.9. The molecule has 0 bridgehead atoms. The zero-order valence-corrected chi connectivity index (χ0v) is 14.6. The van der Waals surface area contributed by atoms with Crippen molar-refractivity contribution in [2.45, 2.75) is 0 Å². The minimum atomic E-state index is -1.02. The number of carbonyl (C=O) groups is 2. The zero-order valence-electron chi connectivity index (χ0n) is 13.8. The van der Waals surface area contributed by atoms with Crippen LogP contribution in [-0.4, -0.2) is 22.0 Å². The predicted molar refractivity (Wildman–Crippen MR) is 101 cm³/mol. The van der Waals surface area contributed by atoms with Gasteiger partial charge in [-0.2, -0.15) is 5.26 Å². The monoisotopic (exact) mass is 377 g/mol. The molecule has 0 fully saturated rings. The Bertz CT molecular complexity index is 1070. The first kappa shape index (κ1) is 18.1. The molecule has 0 aliphatic rings. The molecule has 0 aliphatic heterocycles. The topological polar surface area (TPSA) is 103 Å². The molecule has 0 saturated carbocycles. The Balaban J connectivity index is 1.80. The number of nitriles is 1. The number of halogens is 1. The minimum Gasteiger partial charge on any atom is -0.478 e. The Hall–Kier alpha value is -3.69. The van der Waals surface area contributed by atoms with Crippen LogP contribution in [0, 0.1) is 11.3 Å². The van der Waals surface area contributed by atoms with E-state index in [2.05, 4.69) is 10.3 Å². The summed E-state index contributed by atoms with van der Waals surface area (Å²) in [7, 11) is 0. The number of hydrogen-bond acceptors (Lipinski definition) is 4. The molecule has 0 atom stereocenters. The van der Waals surface area contributed by atoms with Gasteiger partial charge in [0.05, 0.1) is 45.4 Å². The summed E-state index contributed by atoms with van der Waals surface area (Å²) in [4.78, 5) is 27.7. The van der Waals surface area contributed by atoms with Crippen molar-refractivity contribution in [3.8, 4) is 17.3 Å². The van der Waals surface area contributed by atoms with Crippen molar-refractivity contribution in [2.24, 2.45) is 0 Å². The second kappa shape index (κ2) is 7.68. The number of nitrogens with zero attached hydrogens (tertiary/aromatic N) is 2. The van der Waals surface area contributed by atoms with E-state index in [0.717, 1.165) is 0 Å². The molecule has 0 saturated heterocycles. The summed E-state index contributed by atoms with van der Waals surface area (Å²) in [5.74, 6) is -1.48. The van der Waals surface area contributed by atoms with E-state index in [1.54, 1.807) is 24.3 Å². The average molecular weight is 378 g/mol. The molecular weight excluding hydrogens is 366 g/mol. The van der Waals surface area contributed by atoms with E-state index < -0.39 is 11.9 Å². The first-order valence-corrected chi connectivity index (χ1v) is 8.16. The summed E-state index contributed by atoms with van der Waals surface area (Å²) >= 11 is 6.03. The lowest BCUT2D eigenvalue weighted by atomic mass is 10.1. The van der Waals surface area contributed by atoms with Crippen molar-refractivity contribution in [3.05, 3.63) is 82.5 Å². The quantitative estimate of drug-likeness (QED) is 0.708. The summed E-state index contributed by atoms with van der Waals surface area (Å²) in [6, 6.07) is 16.1.